The number of hydrogen-bond acceptors (Lipinski definition) is 3. The molecule has 1 amide bonds. The summed E-state index contributed by atoms with van der Waals surface area (Å²) >= 11 is 0. The van der Waals surface area contributed by atoms with Gasteiger partial charge in [-0.3, -0.25) is 4.79 Å². The van der Waals surface area contributed by atoms with Crippen LogP contribution in [0.3, 0.4) is 0 Å². The SMILES string of the molecule is COc1ccc([C@H]2C(=O)N(c3ccccc3)[C@@H]2[C@H](O)c2ccc3ccccc3c2)cc1. The summed E-state index contributed by atoms with van der Waals surface area (Å²) < 4.78 is 5.26. The van der Waals surface area contributed by atoms with Crippen LogP contribution in [0.5, 0.6) is 5.75 Å². The van der Waals surface area contributed by atoms with Gasteiger partial charge in [0.05, 0.1) is 19.1 Å². The molecular weight excluding hydrogens is 386 g/mol. The molecule has 1 N–H and O–H groups in total. The Hall–Kier alpha value is -3.63. The van der Waals surface area contributed by atoms with E-state index < -0.39 is 18.1 Å². The number of nitrogens with zero attached hydrogens (tertiary/aromatic N) is 1. The molecule has 0 radical (unpaired) electrons. The molecule has 0 aliphatic carbocycles. The van der Waals surface area contributed by atoms with Crippen molar-refractivity contribution < 1.29 is 14.6 Å². The third kappa shape index (κ3) is 3.35. The van der Waals surface area contributed by atoms with Gasteiger partial charge in [-0.2, -0.15) is 0 Å². The van der Waals surface area contributed by atoms with Gasteiger partial charge in [-0.1, -0.05) is 66.7 Å². The Morgan fingerprint density at radius 1 is 0.839 bits per heavy atom. The monoisotopic (exact) mass is 409 g/mol. The smallest absolute Gasteiger partial charge is 0.237 e. The normalized spacial score (nSPS) is 19.2. The second kappa shape index (κ2) is 7.89. The van der Waals surface area contributed by atoms with Crippen LogP contribution in [0, 0.1) is 0 Å². The van der Waals surface area contributed by atoms with Crippen molar-refractivity contribution in [1.29, 1.82) is 0 Å². The fourth-order valence-electron chi connectivity index (χ4n) is 4.46. The van der Waals surface area contributed by atoms with Gasteiger partial charge in [-0.15, -0.1) is 0 Å². The summed E-state index contributed by atoms with van der Waals surface area (Å²) in [7, 11) is 1.62. The number of aliphatic hydroxyl groups excluding tert-OH is 1. The van der Waals surface area contributed by atoms with Crippen molar-refractivity contribution >= 4 is 22.4 Å². The van der Waals surface area contributed by atoms with Crippen molar-refractivity contribution in [3.8, 4) is 5.75 Å². The average molecular weight is 409 g/mol. The van der Waals surface area contributed by atoms with E-state index in [0.29, 0.717) is 0 Å². The van der Waals surface area contributed by atoms with Crippen molar-refractivity contribution in [3.05, 3.63) is 108 Å². The third-order valence-electron chi connectivity index (χ3n) is 6.09. The summed E-state index contributed by atoms with van der Waals surface area (Å²) in [4.78, 5) is 15.0. The summed E-state index contributed by atoms with van der Waals surface area (Å²) in [6.07, 6.45) is -0.824. The lowest BCUT2D eigenvalue weighted by Crippen LogP contribution is -2.62. The molecule has 0 aromatic heterocycles. The largest absolute Gasteiger partial charge is 0.497 e. The van der Waals surface area contributed by atoms with E-state index in [1.54, 1.807) is 12.0 Å². The predicted octanol–water partition coefficient (Wildman–Crippen LogP) is 5.08. The van der Waals surface area contributed by atoms with E-state index in [9.17, 15) is 9.90 Å². The summed E-state index contributed by atoms with van der Waals surface area (Å²) in [5, 5.41) is 13.6. The quantitative estimate of drug-likeness (QED) is 0.468. The van der Waals surface area contributed by atoms with Crippen LogP contribution in [0.4, 0.5) is 5.69 Å². The molecule has 4 nitrogen and oxygen atoms in total. The fraction of sp³-hybridized carbons (Fsp3) is 0.148. The number of hydrogen-bond donors (Lipinski definition) is 1. The number of carbonyl (C=O) groups excluding carboxylic acids is 1. The van der Waals surface area contributed by atoms with Crippen LogP contribution in [0.2, 0.25) is 0 Å². The van der Waals surface area contributed by atoms with Gasteiger partial charge in [0.15, 0.2) is 0 Å². The van der Waals surface area contributed by atoms with Crippen molar-refractivity contribution in [1.82, 2.24) is 0 Å². The Morgan fingerprint density at radius 3 is 2.23 bits per heavy atom. The summed E-state index contributed by atoms with van der Waals surface area (Å²) in [5.74, 6) is 0.302. The molecule has 5 rings (SSSR count). The first kappa shape index (κ1) is 19.3. The highest BCUT2D eigenvalue weighted by atomic mass is 16.5. The lowest BCUT2D eigenvalue weighted by Gasteiger charge is -2.49. The van der Waals surface area contributed by atoms with Gasteiger partial charge in [-0.05, 0) is 52.2 Å². The topological polar surface area (TPSA) is 49.8 Å². The van der Waals surface area contributed by atoms with Gasteiger partial charge in [-0.25, -0.2) is 0 Å². The van der Waals surface area contributed by atoms with Gasteiger partial charge in [0.2, 0.25) is 5.91 Å². The van der Waals surface area contributed by atoms with Gasteiger partial charge < -0.3 is 14.7 Å². The molecule has 1 fully saturated rings. The Bertz CT molecular complexity index is 1220. The van der Waals surface area contributed by atoms with Crippen molar-refractivity contribution in [3.63, 3.8) is 0 Å². The Balaban J connectivity index is 1.55. The number of carbonyl (C=O) groups is 1. The average Bonchev–Trinajstić information content (AvgIpc) is 2.83. The van der Waals surface area contributed by atoms with Crippen LogP contribution in [0.25, 0.3) is 10.8 Å². The number of benzene rings is 4. The molecular formula is C27H23NO3. The van der Waals surface area contributed by atoms with Gasteiger partial charge in [0, 0.05) is 5.69 Å². The number of para-hydroxylation sites is 1. The summed E-state index contributed by atoms with van der Waals surface area (Å²) in [6.45, 7) is 0. The zero-order chi connectivity index (χ0) is 21.4. The number of amides is 1. The zero-order valence-corrected chi connectivity index (χ0v) is 17.2. The van der Waals surface area contributed by atoms with E-state index in [4.69, 9.17) is 4.74 Å². The molecule has 0 bridgehead atoms. The number of anilines is 1. The Labute approximate surface area is 181 Å². The van der Waals surface area contributed by atoms with Crippen LogP contribution in [0.15, 0.2) is 97.1 Å². The highest BCUT2D eigenvalue weighted by Gasteiger charge is 2.52. The molecule has 4 heteroatoms. The number of rotatable bonds is 5. The molecule has 31 heavy (non-hydrogen) atoms. The second-order valence-corrected chi connectivity index (χ2v) is 7.84. The third-order valence-corrected chi connectivity index (χ3v) is 6.09. The zero-order valence-electron chi connectivity index (χ0n) is 17.2. The van der Waals surface area contributed by atoms with Crippen molar-refractivity contribution in [2.75, 3.05) is 12.0 Å². The van der Waals surface area contributed by atoms with Gasteiger partial charge in [0.25, 0.3) is 0 Å². The predicted molar refractivity (Wildman–Crippen MR) is 122 cm³/mol. The molecule has 3 atom stereocenters. The Kier molecular flexibility index (Phi) is 4.92. The Morgan fingerprint density at radius 2 is 1.52 bits per heavy atom. The van der Waals surface area contributed by atoms with E-state index in [1.807, 2.05) is 91.0 Å². The number of aliphatic hydroxyl groups is 1. The summed E-state index contributed by atoms with van der Waals surface area (Å²) in [5.41, 5.74) is 2.47. The first-order chi connectivity index (χ1) is 15.2. The molecule has 0 saturated carbocycles. The number of β-lactam (4-membered cyclic amide) rings is 1. The minimum atomic E-state index is -0.824. The first-order valence-corrected chi connectivity index (χ1v) is 10.4. The van der Waals surface area contributed by atoms with Crippen molar-refractivity contribution in [2.45, 2.75) is 18.1 Å². The lowest BCUT2D eigenvalue weighted by molar-refractivity contribution is -0.129. The number of fused-ring (bicyclic) bond motifs is 1. The van der Waals surface area contributed by atoms with E-state index in [0.717, 1.165) is 33.3 Å². The molecule has 154 valence electrons. The molecule has 4 aromatic rings. The molecule has 4 aromatic carbocycles. The molecule has 1 aliphatic heterocycles. The minimum absolute atomic E-state index is 0.0128. The molecule has 1 aliphatic rings. The maximum absolute atomic E-state index is 13.3. The van der Waals surface area contributed by atoms with Gasteiger partial charge >= 0.3 is 0 Å². The van der Waals surface area contributed by atoms with E-state index >= 15 is 0 Å². The molecule has 0 spiro atoms. The highest BCUT2D eigenvalue weighted by molar-refractivity contribution is 6.06. The second-order valence-electron chi connectivity index (χ2n) is 7.84. The molecule has 1 saturated heterocycles. The van der Waals surface area contributed by atoms with Crippen LogP contribution < -0.4 is 9.64 Å². The minimum Gasteiger partial charge on any atom is -0.497 e. The fourth-order valence-corrected chi connectivity index (χ4v) is 4.46. The van der Waals surface area contributed by atoms with E-state index in [2.05, 4.69) is 6.07 Å². The molecule has 1 heterocycles. The van der Waals surface area contributed by atoms with E-state index in [1.165, 1.54) is 0 Å². The van der Waals surface area contributed by atoms with Gasteiger partial charge in [0.1, 0.15) is 11.9 Å². The standard InChI is InChI=1S/C27H23NO3/c1-31-23-15-13-19(14-16-23)24-25(28(27(24)30)22-9-3-2-4-10-22)26(29)21-12-11-18-7-5-6-8-20(18)17-21/h2-17,24-26,29H,1H3/t24-,25+,26-/m1/s1. The van der Waals surface area contributed by atoms with Crippen LogP contribution in [-0.2, 0) is 4.79 Å². The molecule has 0 unspecified atom stereocenters. The van der Waals surface area contributed by atoms with Crippen LogP contribution in [0.1, 0.15) is 23.1 Å². The van der Waals surface area contributed by atoms with Crippen LogP contribution in [-0.4, -0.2) is 24.2 Å². The summed E-state index contributed by atoms with van der Waals surface area (Å²) in [6, 6.07) is 30.7. The maximum atomic E-state index is 13.3. The van der Waals surface area contributed by atoms with E-state index in [-0.39, 0.29) is 5.91 Å². The first-order valence-electron chi connectivity index (χ1n) is 10.4. The number of ether oxygens (including phenoxy) is 1. The van der Waals surface area contributed by atoms with Crippen molar-refractivity contribution in [2.24, 2.45) is 0 Å². The highest BCUT2D eigenvalue weighted by Crippen LogP contribution is 2.45. The lowest BCUT2D eigenvalue weighted by atomic mass is 9.76. The maximum Gasteiger partial charge on any atom is 0.237 e. The number of methoxy groups -OCH3 is 1. The van der Waals surface area contributed by atoms with Crippen LogP contribution >= 0.6 is 0 Å².